The number of carbonyl (C=O) groups is 3. The molecule has 0 unspecified atom stereocenters. The van der Waals surface area contributed by atoms with Crippen LogP contribution in [0.15, 0.2) is 28.7 Å². The molecule has 3 rings (SSSR count). The predicted octanol–water partition coefficient (Wildman–Crippen LogP) is 2.82. The molecule has 0 atom stereocenters. The first-order valence-corrected chi connectivity index (χ1v) is 8.15. The summed E-state index contributed by atoms with van der Waals surface area (Å²) in [5.74, 6) is -1.72. The topological polar surface area (TPSA) is 89.7 Å². The first-order valence-electron chi connectivity index (χ1n) is 8.15. The molecule has 2 amide bonds. The van der Waals surface area contributed by atoms with Crippen LogP contribution in [0.4, 0.5) is 0 Å². The first kappa shape index (κ1) is 16.9. The van der Waals surface area contributed by atoms with Crippen LogP contribution in [-0.4, -0.2) is 27.8 Å². The zero-order valence-corrected chi connectivity index (χ0v) is 14.1. The van der Waals surface area contributed by atoms with Crippen molar-refractivity contribution in [1.82, 2.24) is 10.0 Å². The van der Waals surface area contributed by atoms with E-state index in [9.17, 15) is 14.4 Å². The number of hydrogen-bond donors (Lipinski definition) is 0. The van der Waals surface area contributed by atoms with Crippen molar-refractivity contribution in [2.75, 3.05) is 0 Å². The first-order chi connectivity index (χ1) is 12.0. The second-order valence-electron chi connectivity index (χ2n) is 5.82. The van der Waals surface area contributed by atoms with E-state index in [1.807, 2.05) is 38.1 Å². The van der Waals surface area contributed by atoms with E-state index < -0.39 is 17.8 Å². The third kappa shape index (κ3) is 3.31. The Labute approximate surface area is 144 Å². The fourth-order valence-electron chi connectivity index (χ4n) is 2.63. The van der Waals surface area contributed by atoms with Crippen LogP contribution in [0.2, 0.25) is 0 Å². The van der Waals surface area contributed by atoms with E-state index in [0.717, 1.165) is 17.5 Å². The molecule has 2 heterocycles. The van der Waals surface area contributed by atoms with Crippen molar-refractivity contribution in [2.45, 2.75) is 39.5 Å². The van der Waals surface area contributed by atoms with Crippen LogP contribution in [0.5, 0.6) is 0 Å². The van der Waals surface area contributed by atoms with Gasteiger partial charge in [0.2, 0.25) is 11.7 Å². The number of benzene rings is 1. The number of carbonyl (C=O) groups excluding carboxylic acids is 3. The van der Waals surface area contributed by atoms with Gasteiger partial charge in [-0.15, -0.1) is 5.06 Å². The van der Waals surface area contributed by atoms with Gasteiger partial charge in [-0.1, -0.05) is 31.5 Å². The van der Waals surface area contributed by atoms with Gasteiger partial charge in [0, 0.05) is 18.4 Å². The maximum Gasteiger partial charge on any atom is 0.401 e. The van der Waals surface area contributed by atoms with Crippen molar-refractivity contribution in [3.63, 3.8) is 0 Å². The molecular formula is C18H18N2O5. The van der Waals surface area contributed by atoms with Gasteiger partial charge in [-0.05, 0) is 25.0 Å². The van der Waals surface area contributed by atoms with Crippen molar-refractivity contribution in [2.24, 2.45) is 0 Å². The Morgan fingerprint density at radius 2 is 1.92 bits per heavy atom. The molecule has 7 heteroatoms. The molecule has 25 heavy (non-hydrogen) atoms. The van der Waals surface area contributed by atoms with E-state index in [2.05, 4.69) is 4.98 Å². The van der Waals surface area contributed by atoms with Crippen molar-refractivity contribution in [1.29, 1.82) is 0 Å². The molecule has 0 N–H and O–H groups in total. The molecule has 1 aromatic heterocycles. The highest BCUT2D eigenvalue weighted by atomic mass is 16.7. The van der Waals surface area contributed by atoms with Crippen LogP contribution in [0, 0.1) is 6.92 Å². The van der Waals surface area contributed by atoms with Crippen molar-refractivity contribution in [3.05, 3.63) is 41.3 Å². The third-order valence-corrected chi connectivity index (χ3v) is 3.92. The molecule has 1 aromatic carbocycles. The molecule has 0 spiro atoms. The second-order valence-corrected chi connectivity index (χ2v) is 5.82. The number of hydroxylamine groups is 2. The number of oxazole rings is 1. The van der Waals surface area contributed by atoms with Gasteiger partial charge in [0.25, 0.3) is 11.8 Å². The Morgan fingerprint density at radius 1 is 1.24 bits per heavy atom. The maximum atomic E-state index is 12.4. The lowest BCUT2D eigenvalue weighted by Gasteiger charge is -2.11. The fourth-order valence-corrected chi connectivity index (χ4v) is 2.63. The smallest absolute Gasteiger partial charge is 0.401 e. The molecule has 130 valence electrons. The molecule has 0 radical (unpaired) electrons. The van der Waals surface area contributed by atoms with Crippen LogP contribution >= 0.6 is 0 Å². The number of amides is 2. The minimum absolute atomic E-state index is 0.0405. The average Bonchev–Trinajstić information content (AvgIpc) is 3.14. The fraction of sp³-hybridized carbons (Fsp3) is 0.333. The summed E-state index contributed by atoms with van der Waals surface area (Å²) in [5.41, 5.74) is 2.17. The molecule has 7 nitrogen and oxygen atoms in total. The van der Waals surface area contributed by atoms with Gasteiger partial charge in [0.15, 0.2) is 0 Å². The van der Waals surface area contributed by atoms with E-state index in [4.69, 9.17) is 9.25 Å². The normalized spacial score (nSPS) is 14.2. The number of aromatic nitrogens is 1. The summed E-state index contributed by atoms with van der Waals surface area (Å²) < 4.78 is 5.64. The summed E-state index contributed by atoms with van der Waals surface area (Å²) in [4.78, 5) is 45.0. The Bertz CT molecular complexity index is 824. The van der Waals surface area contributed by atoms with Crippen LogP contribution in [-0.2, 0) is 20.8 Å². The summed E-state index contributed by atoms with van der Waals surface area (Å²) in [7, 11) is 0. The van der Waals surface area contributed by atoms with E-state index in [1.165, 1.54) is 0 Å². The number of imide groups is 1. The van der Waals surface area contributed by atoms with Crippen molar-refractivity contribution >= 4 is 17.8 Å². The molecule has 0 aliphatic carbocycles. The number of rotatable bonds is 5. The SMILES string of the molecule is CCCc1nc(-c2ccccc2C)oc1C(=O)ON1C(=O)CCC1=O. The molecule has 2 aromatic rings. The van der Waals surface area contributed by atoms with Crippen LogP contribution in [0.1, 0.15) is 48.0 Å². The number of nitrogens with zero attached hydrogens (tertiary/aromatic N) is 2. The highest BCUT2D eigenvalue weighted by Crippen LogP contribution is 2.26. The zero-order chi connectivity index (χ0) is 18.0. The van der Waals surface area contributed by atoms with Gasteiger partial charge in [-0.25, -0.2) is 9.78 Å². The Hall–Kier alpha value is -2.96. The minimum Gasteiger partial charge on any atom is -0.429 e. The Kier molecular flexibility index (Phi) is 4.65. The predicted molar refractivity (Wildman–Crippen MR) is 87.2 cm³/mol. The monoisotopic (exact) mass is 342 g/mol. The average molecular weight is 342 g/mol. The van der Waals surface area contributed by atoms with Crippen molar-refractivity contribution in [3.8, 4) is 11.5 Å². The van der Waals surface area contributed by atoms with Gasteiger partial charge >= 0.3 is 5.97 Å². The largest absolute Gasteiger partial charge is 0.429 e. The zero-order valence-electron chi connectivity index (χ0n) is 14.1. The number of hydrogen-bond acceptors (Lipinski definition) is 6. The summed E-state index contributed by atoms with van der Waals surface area (Å²) in [6, 6.07) is 7.51. The van der Waals surface area contributed by atoms with Gasteiger partial charge in [0.1, 0.15) is 0 Å². The molecule has 1 aliphatic rings. The number of aryl methyl sites for hydroxylation is 2. The summed E-state index contributed by atoms with van der Waals surface area (Å²) in [6.45, 7) is 3.86. The Morgan fingerprint density at radius 3 is 2.56 bits per heavy atom. The lowest BCUT2D eigenvalue weighted by Crippen LogP contribution is -2.32. The van der Waals surface area contributed by atoms with Gasteiger partial charge in [-0.2, -0.15) is 0 Å². The molecule has 1 aliphatic heterocycles. The Balaban J connectivity index is 1.92. The van der Waals surface area contributed by atoms with E-state index in [0.29, 0.717) is 23.1 Å². The van der Waals surface area contributed by atoms with Crippen molar-refractivity contribution < 1.29 is 23.6 Å². The standard InChI is InChI=1S/C18H18N2O5/c1-3-6-13-16(18(23)25-20-14(21)9-10-15(20)22)24-17(19-13)12-8-5-4-7-11(12)2/h4-5,7-8H,3,6,9-10H2,1-2H3. The van der Waals surface area contributed by atoms with Gasteiger partial charge in [-0.3, -0.25) is 9.59 Å². The summed E-state index contributed by atoms with van der Waals surface area (Å²) in [6.07, 6.45) is 1.35. The lowest BCUT2D eigenvalue weighted by atomic mass is 10.1. The molecule has 1 fully saturated rings. The quantitative estimate of drug-likeness (QED) is 0.776. The molecule has 1 saturated heterocycles. The maximum absolute atomic E-state index is 12.4. The third-order valence-electron chi connectivity index (χ3n) is 3.92. The van der Waals surface area contributed by atoms with E-state index in [-0.39, 0.29) is 18.6 Å². The lowest BCUT2D eigenvalue weighted by molar-refractivity contribution is -0.173. The van der Waals surface area contributed by atoms with Crippen LogP contribution < -0.4 is 0 Å². The van der Waals surface area contributed by atoms with Crippen LogP contribution in [0.3, 0.4) is 0 Å². The van der Waals surface area contributed by atoms with Gasteiger partial charge in [0.05, 0.1) is 5.69 Å². The van der Waals surface area contributed by atoms with E-state index in [1.54, 1.807) is 0 Å². The van der Waals surface area contributed by atoms with Crippen LogP contribution in [0.25, 0.3) is 11.5 Å². The molecule has 0 saturated carbocycles. The minimum atomic E-state index is -0.889. The highest BCUT2D eigenvalue weighted by Gasteiger charge is 2.35. The second kappa shape index (κ2) is 6.88. The van der Waals surface area contributed by atoms with Gasteiger partial charge < -0.3 is 9.25 Å². The highest BCUT2D eigenvalue weighted by molar-refractivity contribution is 6.02. The molecule has 0 bridgehead atoms. The summed E-state index contributed by atoms with van der Waals surface area (Å²) >= 11 is 0. The summed E-state index contributed by atoms with van der Waals surface area (Å²) in [5, 5.41) is 0.508. The molecular weight excluding hydrogens is 324 g/mol. The van der Waals surface area contributed by atoms with E-state index >= 15 is 0 Å².